The molecule has 0 saturated carbocycles. The van der Waals surface area contributed by atoms with E-state index in [4.69, 9.17) is 4.74 Å². The van der Waals surface area contributed by atoms with E-state index < -0.39 is 29.7 Å². The number of amides is 1. The zero-order chi connectivity index (χ0) is 26.6. The molecule has 0 aliphatic carbocycles. The summed E-state index contributed by atoms with van der Waals surface area (Å²) in [5.41, 5.74) is 0.364. The summed E-state index contributed by atoms with van der Waals surface area (Å²) in [4.78, 5) is 25.1. The van der Waals surface area contributed by atoms with Crippen molar-refractivity contribution < 1.29 is 37.7 Å². The number of aliphatic carboxylic acids is 1. The van der Waals surface area contributed by atoms with E-state index in [9.17, 15) is 33.0 Å². The average molecular weight is 509 g/mol. The van der Waals surface area contributed by atoms with Crippen LogP contribution in [0.25, 0.3) is 10.8 Å². The highest BCUT2D eigenvalue weighted by molar-refractivity contribution is 6.04. The predicted molar refractivity (Wildman–Crippen MR) is 130 cm³/mol. The maximum atomic E-state index is 13.2. The molecule has 1 amide bonds. The molecule has 0 aliphatic heterocycles. The molecule has 37 heavy (non-hydrogen) atoms. The number of benzene rings is 4. The molecule has 4 rings (SSSR count). The first-order valence-electron chi connectivity index (χ1n) is 11.2. The molecule has 0 radical (unpaired) electrons. The van der Waals surface area contributed by atoms with E-state index in [0.29, 0.717) is 16.5 Å². The third-order valence-electron chi connectivity index (χ3n) is 5.77. The Balaban J connectivity index is 1.59. The molecule has 0 fully saturated rings. The van der Waals surface area contributed by atoms with Gasteiger partial charge in [-0.2, -0.15) is 13.2 Å². The van der Waals surface area contributed by atoms with Crippen molar-refractivity contribution in [2.24, 2.45) is 0 Å². The van der Waals surface area contributed by atoms with Crippen molar-refractivity contribution in [3.05, 3.63) is 107 Å². The largest absolute Gasteiger partial charge is 0.508 e. The van der Waals surface area contributed by atoms with E-state index in [1.165, 1.54) is 30.3 Å². The molecular weight excluding hydrogens is 487 g/mol. The molecule has 9 heteroatoms. The van der Waals surface area contributed by atoms with E-state index in [1.54, 1.807) is 36.4 Å². The number of carbonyl (C=O) groups excluding carboxylic acids is 1. The number of phenolic OH excluding ortho intramolecular Hbond substituents is 1. The number of hydrogen-bond donors (Lipinski definition) is 3. The number of rotatable bonds is 8. The zero-order valence-electron chi connectivity index (χ0n) is 19.3. The second-order valence-electron chi connectivity index (χ2n) is 8.38. The van der Waals surface area contributed by atoms with Gasteiger partial charge in [0, 0.05) is 11.8 Å². The number of nitrogens with one attached hydrogen (secondary N) is 1. The van der Waals surface area contributed by atoms with Gasteiger partial charge in [-0.25, -0.2) is 4.79 Å². The summed E-state index contributed by atoms with van der Waals surface area (Å²) in [5, 5.41) is 23.0. The molecule has 0 aromatic heterocycles. The minimum atomic E-state index is -4.46. The Morgan fingerprint density at radius 2 is 1.51 bits per heavy atom. The maximum Gasteiger partial charge on any atom is 0.416 e. The summed E-state index contributed by atoms with van der Waals surface area (Å²) >= 11 is 0. The maximum absolute atomic E-state index is 13.2. The van der Waals surface area contributed by atoms with Crippen LogP contribution in [0.2, 0.25) is 0 Å². The second-order valence-corrected chi connectivity index (χ2v) is 8.38. The van der Waals surface area contributed by atoms with Gasteiger partial charge in [0.25, 0.3) is 5.91 Å². The van der Waals surface area contributed by atoms with Crippen molar-refractivity contribution in [2.75, 3.05) is 0 Å². The van der Waals surface area contributed by atoms with Crippen LogP contribution >= 0.6 is 0 Å². The van der Waals surface area contributed by atoms with Gasteiger partial charge in [0.05, 0.1) is 11.1 Å². The number of carboxylic acids is 1. The van der Waals surface area contributed by atoms with E-state index in [-0.39, 0.29) is 30.1 Å². The fraction of sp³-hybridized carbons (Fsp3) is 0.143. The van der Waals surface area contributed by atoms with Gasteiger partial charge < -0.3 is 20.3 Å². The number of ether oxygens (including phenoxy) is 1. The lowest BCUT2D eigenvalue weighted by molar-refractivity contribution is -0.139. The monoisotopic (exact) mass is 509 g/mol. The fourth-order valence-corrected chi connectivity index (χ4v) is 3.83. The van der Waals surface area contributed by atoms with Gasteiger partial charge in [0.1, 0.15) is 24.1 Å². The molecule has 0 unspecified atom stereocenters. The molecular formula is C28H22F3NO5. The molecule has 3 N–H and O–H groups in total. The van der Waals surface area contributed by atoms with E-state index in [2.05, 4.69) is 5.32 Å². The topological polar surface area (TPSA) is 95.9 Å². The van der Waals surface area contributed by atoms with Crippen LogP contribution < -0.4 is 10.1 Å². The number of alkyl halides is 3. The highest BCUT2D eigenvalue weighted by atomic mass is 19.4. The molecule has 6 nitrogen and oxygen atoms in total. The van der Waals surface area contributed by atoms with E-state index >= 15 is 0 Å². The van der Waals surface area contributed by atoms with Crippen LogP contribution in [0.1, 0.15) is 27.0 Å². The summed E-state index contributed by atoms with van der Waals surface area (Å²) < 4.78 is 44.6. The Labute approximate surface area is 209 Å². The van der Waals surface area contributed by atoms with E-state index in [1.807, 2.05) is 6.07 Å². The van der Waals surface area contributed by atoms with Gasteiger partial charge in [-0.05, 0) is 46.8 Å². The number of aromatic hydroxyl groups is 1. The van der Waals surface area contributed by atoms with Crippen molar-refractivity contribution in [1.29, 1.82) is 0 Å². The van der Waals surface area contributed by atoms with Crippen LogP contribution in [0.15, 0.2) is 84.9 Å². The quantitative estimate of drug-likeness (QED) is 0.289. The van der Waals surface area contributed by atoms with Crippen molar-refractivity contribution in [3.63, 3.8) is 0 Å². The van der Waals surface area contributed by atoms with Crippen molar-refractivity contribution in [2.45, 2.75) is 25.2 Å². The van der Waals surface area contributed by atoms with Gasteiger partial charge in [0.15, 0.2) is 0 Å². The van der Waals surface area contributed by atoms with Crippen LogP contribution in [0, 0.1) is 0 Å². The van der Waals surface area contributed by atoms with Crippen LogP contribution in [0.5, 0.6) is 11.5 Å². The molecule has 1 atom stereocenters. The van der Waals surface area contributed by atoms with E-state index in [0.717, 1.165) is 17.5 Å². The number of hydrogen-bond acceptors (Lipinski definition) is 4. The molecule has 4 aromatic rings. The molecule has 0 spiro atoms. The summed E-state index contributed by atoms with van der Waals surface area (Å²) in [6.45, 7) is -0.109. The molecule has 190 valence electrons. The van der Waals surface area contributed by atoms with Gasteiger partial charge in [-0.15, -0.1) is 0 Å². The first kappa shape index (κ1) is 25.6. The molecule has 0 bridgehead atoms. The van der Waals surface area contributed by atoms with Crippen LogP contribution in [0.3, 0.4) is 0 Å². The van der Waals surface area contributed by atoms with Crippen molar-refractivity contribution >= 4 is 22.6 Å². The fourth-order valence-electron chi connectivity index (χ4n) is 3.83. The summed E-state index contributed by atoms with van der Waals surface area (Å²) in [5.74, 6) is -1.70. The first-order chi connectivity index (χ1) is 17.6. The Bertz CT molecular complexity index is 1420. The highest BCUT2D eigenvalue weighted by Crippen LogP contribution is 2.32. The normalized spacial score (nSPS) is 12.2. The third kappa shape index (κ3) is 6.19. The Kier molecular flexibility index (Phi) is 7.33. The number of fused-ring (bicyclic) bond motifs is 1. The summed E-state index contributed by atoms with van der Waals surface area (Å²) in [7, 11) is 0. The summed E-state index contributed by atoms with van der Waals surface area (Å²) in [6, 6.07) is 19.5. The van der Waals surface area contributed by atoms with Crippen molar-refractivity contribution in [3.8, 4) is 11.5 Å². The lowest BCUT2D eigenvalue weighted by atomic mass is 10.0. The Morgan fingerprint density at radius 1 is 0.865 bits per heavy atom. The first-order valence-corrected chi connectivity index (χ1v) is 11.2. The molecule has 4 aromatic carbocycles. The minimum absolute atomic E-state index is 0.0172. The molecule has 0 saturated heterocycles. The van der Waals surface area contributed by atoms with Gasteiger partial charge >= 0.3 is 12.1 Å². The Hall–Kier alpha value is -4.53. The lowest BCUT2D eigenvalue weighted by Gasteiger charge is -2.18. The number of carboxylic acid groups (broad SMARTS) is 1. The van der Waals surface area contributed by atoms with Crippen LogP contribution in [0.4, 0.5) is 13.2 Å². The number of phenols is 1. The van der Waals surface area contributed by atoms with Crippen LogP contribution in [-0.2, 0) is 24.0 Å². The van der Waals surface area contributed by atoms with Crippen molar-refractivity contribution in [1.82, 2.24) is 5.32 Å². The number of halogens is 3. The minimum Gasteiger partial charge on any atom is -0.508 e. The standard InChI is InChI=1S/C28H22F3NO5/c29-28(30,31)20-10-5-18(6-11-20)16-37-25-22-4-2-1-3-19(22)9-14-23(25)26(34)32-24(27(35)36)15-17-7-12-21(33)13-8-17/h1-14,24,33H,15-16H2,(H,32,34)(H,35,36)/t24-/m0/s1. The highest BCUT2D eigenvalue weighted by Gasteiger charge is 2.30. The smallest absolute Gasteiger partial charge is 0.416 e. The lowest BCUT2D eigenvalue weighted by Crippen LogP contribution is -2.42. The van der Waals surface area contributed by atoms with Gasteiger partial charge in [-0.3, -0.25) is 4.79 Å². The van der Waals surface area contributed by atoms with Crippen LogP contribution in [-0.4, -0.2) is 28.1 Å². The third-order valence-corrected chi connectivity index (χ3v) is 5.77. The SMILES string of the molecule is O=C(N[C@@H](Cc1ccc(O)cc1)C(=O)O)c1ccc2ccccc2c1OCc1ccc(C(F)(F)F)cc1. The second kappa shape index (κ2) is 10.6. The summed E-state index contributed by atoms with van der Waals surface area (Å²) in [6.07, 6.45) is -4.47. The number of carbonyl (C=O) groups is 2. The predicted octanol–water partition coefficient (Wildman–Crippen LogP) is 5.57. The zero-order valence-corrected chi connectivity index (χ0v) is 19.3. The van der Waals surface area contributed by atoms with Gasteiger partial charge in [0.2, 0.25) is 0 Å². The van der Waals surface area contributed by atoms with Gasteiger partial charge in [-0.1, -0.05) is 54.6 Å². The molecule has 0 heterocycles. The molecule has 0 aliphatic rings. The average Bonchev–Trinajstić information content (AvgIpc) is 2.87. The Morgan fingerprint density at radius 3 is 2.16 bits per heavy atom.